The minimum absolute atomic E-state index is 0.0495. The van der Waals surface area contributed by atoms with Crippen molar-refractivity contribution in [2.45, 2.75) is 320 Å². The third-order valence-electron chi connectivity index (χ3n) is 25.9. The van der Waals surface area contributed by atoms with Gasteiger partial charge in [0.1, 0.15) is 78.8 Å². The van der Waals surface area contributed by atoms with Crippen molar-refractivity contribution in [3.63, 3.8) is 0 Å². The minimum Gasteiger partial charge on any atom is -0.432 e. The van der Waals surface area contributed by atoms with Crippen LogP contribution in [-0.4, -0.2) is 262 Å². The highest BCUT2D eigenvalue weighted by molar-refractivity contribution is 5.80. The largest absolute Gasteiger partial charge is 0.432 e. The Morgan fingerprint density at radius 3 is 1.93 bits per heavy atom. The smallest absolute Gasteiger partial charge is 0.317 e. The third-order valence-corrected chi connectivity index (χ3v) is 25.9. The van der Waals surface area contributed by atoms with E-state index >= 15 is 4.79 Å². The second-order valence-corrected chi connectivity index (χ2v) is 32.4. The molecule has 0 spiro atoms. The maximum absolute atomic E-state index is 15.9. The van der Waals surface area contributed by atoms with E-state index in [9.17, 15) is 85.9 Å². The molecule has 4 aliphatic heterocycles. The number of aliphatic hydroxyl groups excluding tert-OH is 14. The molecule has 34 atom stereocenters. The maximum Gasteiger partial charge on any atom is 0.317 e. The summed E-state index contributed by atoms with van der Waals surface area (Å²) in [5, 5.41) is 162. The van der Waals surface area contributed by atoms with E-state index in [4.69, 9.17) is 37.9 Å². The van der Waals surface area contributed by atoms with Crippen LogP contribution < -0.4 is 10.6 Å². The summed E-state index contributed by atoms with van der Waals surface area (Å²) in [6, 6.07) is -2.37. The Hall–Kier alpha value is -3.02. The number of aldehydes is 1. The fourth-order valence-corrected chi connectivity index (χ4v) is 19.0. The van der Waals surface area contributed by atoms with Crippen molar-refractivity contribution in [2.24, 2.45) is 62.1 Å². The zero-order chi connectivity index (χ0) is 72.3. The van der Waals surface area contributed by atoms with E-state index in [-0.39, 0.29) is 60.2 Å². The molecule has 0 aromatic carbocycles. The topological polar surface area (TPSA) is 449 Å². The lowest BCUT2D eigenvalue weighted by atomic mass is 9.33. The first-order chi connectivity index (χ1) is 45.9. The van der Waals surface area contributed by atoms with Crippen LogP contribution in [0, 0.1) is 62.1 Å². The van der Waals surface area contributed by atoms with E-state index in [0.717, 1.165) is 11.9 Å². The van der Waals surface area contributed by atoms with E-state index in [0.29, 0.717) is 57.8 Å². The normalized spacial score (nSPS) is 46.5. The standard InChI is InChI=1S/C70H116N2O26/c1-12-32(3)39(71-48(81)25-36(77)23-41(33(4)13-2)93-62-56(88)52(84)43(29-74)95-62)22-35(76)24-49(82)72-50-42(28-73)94-63(59(53(50)85)97-61-57(89)54(86)58(34(5)92-61)96-60-55(87)51(83)40(78)30-91-60)98-64(90)70-21-20-65(6,7)26-38(70)37-14-15-45-66(8)18-17-46(79)67(9,31-75)44(66)16-19-68(45,10)69(37,11)27-47(70)80/h14,31-36,38-47,50-63,73-74,76-80,83-89H,12-13,15-30H2,1-11H3,(H,71,81)(H,72,82)/t32-,33-,34?,35-,36-,38?,39-,40+,41-,42?,43-,44+,45?,46-,47+,50-,51?,52?,53?,54?,55?,56?,57?,58-,59?,60-,61-,62+,63-,66?,67?,68-,69+,70+/m0/s1. The van der Waals surface area contributed by atoms with Gasteiger partial charge in [0.15, 0.2) is 25.0 Å². The first-order valence-corrected chi connectivity index (χ1v) is 35.8. The molecule has 562 valence electrons. The summed E-state index contributed by atoms with van der Waals surface area (Å²) in [6.07, 6.45) is -26.0. The fraction of sp³-hybridized carbons (Fsp3) is 0.914. The van der Waals surface area contributed by atoms with Gasteiger partial charge in [-0.25, -0.2) is 0 Å². The number of rotatable bonds is 25. The van der Waals surface area contributed by atoms with Gasteiger partial charge in [0.05, 0.1) is 80.7 Å². The van der Waals surface area contributed by atoms with Gasteiger partial charge < -0.3 is 125 Å². The number of esters is 1. The molecule has 2 amide bonds. The van der Waals surface area contributed by atoms with Crippen LogP contribution in [0.4, 0.5) is 0 Å². The first kappa shape index (κ1) is 79.1. The molecule has 0 radical (unpaired) electrons. The van der Waals surface area contributed by atoms with Crippen molar-refractivity contribution in [3.05, 3.63) is 11.6 Å². The van der Waals surface area contributed by atoms with Gasteiger partial charge in [0, 0.05) is 12.5 Å². The van der Waals surface area contributed by atoms with Crippen LogP contribution in [0.5, 0.6) is 0 Å². The van der Waals surface area contributed by atoms with E-state index in [1.165, 1.54) is 6.92 Å². The summed E-state index contributed by atoms with van der Waals surface area (Å²) in [4.78, 5) is 56.7. The molecule has 0 aromatic rings. The predicted molar refractivity (Wildman–Crippen MR) is 344 cm³/mol. The molecule has 9 rings (SSSR count). The van der Waals surface area contributed by atoms with Gasteiger partial charge in [0.2, 0.25) is 18.1 Å². The van der Waals surface area contributed by atoms with Crippen molar-refractivity contribution in [1.82, 2.24) is 10.6 Å². The van der Waals surface area contributed by atoms with Gasteiger partial charge in [-0.2, -0.15) is 0 Å². The van der Waals surface area contributed by atoms with Crippen molar-refractivity contribution < 1.29 is 129 Å². The molecule has 14 unspecified atom stereocenters. The second-order valence-electron chi connectivity index (χ2n) is 32.4. The van der Waals surface area contributed by atoms with Crippen molar-refractivity contribution in [2.75, 3.05) is 19.8 Å². The van der Waals surface area contributed by atoms with Gasteiger partial charge in [-0.3, -0.25) is 14.4 Å². The average Bonchev–Trinajstić information content (AvgIpc) is 0.746. The maximum atomic E-state index is 15.9. The monoisotopic (exact) mass is 1400 g/mol. The Bertz CT molecular complexity index is 2770. The lowest BCUT2D eigenvalue weighted by Crippen LogP contribution is -2.69. The Kier molecular flexibility index (Phi) is 25.0. The summed E-state index contributed by atoms with van der Waals surface area (Å²) < 4.78 is 48.1. The summed E-state index contributed by atoms with van der Waals surface area (Å²) in [6.45, 7) is 19.7. The molecule has 4 saturated heterocycles. The van der Waals surface area contributed by atoms with Gasteiger partial charge >= 0.3 is 5.97 Å². The number of aliphatic hydroxyl groups is 14. The van der Waals surface area contributed by atoms with Crippen LogP contribution in [0.15, 0.2) is 11.6 Å². The number of carbonyl (C=O) groups is 4. The first-order valence-electron chi connectivity index (χ1n) is 35.8. The Balaban J connectivity index is 0.942. The number of amides is 2. The zero-order valence-electron chi connectivity index (χ0n) is 58.8. The van der Waals surface area contributed by atoms with E-state index in [2.05, 4.69) is 51.3 Å². The minimum atomic E-state index is -2.05. The number of fused-ring (bicyclic) bond motifs is 7. The van der Waals surface area contributed by atoms with Crippen molar-refractivity contribution in [1.29, 1.82) is 0 Å². The lowest BCUT2D eigenvalue weighted by Gasteiger charge is -2.71. The molecular formula is C70H116N2O26. The number of hydrogen-bond donors (Lipinski definition) is 16. The van der Waals surface area contributed by atoms with Crippen LogP contribution >= 0.6 is 0 Å². The summed E-state index contributed by atoms with van der Waals surface area (Å²) in [5.41, 5.74) is -3.33. The molecule has 4 heterocycles. The highest BCUT2D eigenvalue weighted by Crippen LogP contribution is 2.76. The SMILES string of the molecule is CC[C@H](C)[C@H](C[C@H](O)CC(=O)N[C@H]1C(CO)O[C@@H](OC(=O)[C@]23CCC(C)(C)CC2C2=CCC4C5(C)CC[C@H](O)C(C)(C=O)[C@@H]5CC[C@]4(C)[C@]2(C)C[C@H]3O)C(O[C@@H]2OC(C)[C@H](O[C@@H]3OC[C@@H](O)C(O)C3O)C(O)C2O)C1O)NC(=O)C[C@@H](O)C[C@H](O[C@@H]1O[C@@H](CO)C(O)C1O)[C@@H](C)CC. The van der Waals surface area contributed by atoms with Crippen LogP contribution in [0.3, 0.4) is 0 Å². The quantitative estimate of drug-likeness (QED) is 0.0319. The molecule has 28 nitrogen and oxygen atoms in total. The molecule has 8 fully saturated rings. The molecular weight excluding hydrogens is 1280 g/mol. The van der Waals surface area contributed by atoms with Gasteiger partial charge in [-0.1, -0.05) is 93.7 Å². The summed E-state index contributed by atoms with van der Waals surface area (Å²) >= 11 is 0. The molecule has 98 heavy (non-hydrogen) atoms. The zero-order valence-corrected chi connectivity index (χ0v) is 58.8. The fourth-order valence-electron chi connectivity index (χ4n) is 19.0. The average molecular weight is 1400 g/mol. The van der Waals surface area contributed by atoms with Crippen molar-refractivity contribution >= 4 is 24.1 Å². The Morgan fingerprint density at radius 1 is 0.663 bits per heavy atom. The molecule has 9 aliphatic rings. The molecule has 4 saturated carbocycles. The van der Waals surface area contributed by atoms with Gasteiger partial charge in [-0.05, 0) is 122 Å². The van der Waals surface area contributed by atoms with Crippen LogP contribution in [0.1, 0.15) is 172 Å². The number of carbonyl (C=O) groups excluding carboxylic acids is 4. The molecule has 16 N–H and O–H groups in total. The second kappa shape index (κ2) is 31.0. The van der Waals surface area contributed by atoms with E-state index < -0.39 is 225 Å². The summed E-state index contributed by atoms with van der Waals surface area (Å²) in [5.74, 6) is -3.49. The lowest BCUT2D eigenvalue weighted by molar-refractivity contribution is -0.370. The van der Waals surface area contributed by atoms with Gasteiger partial charge in [0.25, 0.3) is 0 Å². The van der Waals surface area contributed by atoms with Crippen LogP contribution in [-0.2, 0) is 57.1 Å². The Labute approximate surface area is 574 Å². The number of allylic oxidation sites excluding steroid dienone is 2. The Morgan fingerprint density at radius 2 is 1.29 bits per heavy atom. The highest BCUT2D eigenvalue weighted by atomic mass is 16.8. The molecule has 0 aromatic heterocycles. The number of hydrogen-bond acceptors (Lipinski definition) is 26. The molecule has 5 aliphatic carbocycles. The number of nitrogens with one attached hydrogen (secondary N) is 2. The van der Waals surface area contributed by atoms with E-state index in [1.54, 1.807) is 0 Å². The molecule has 28 heteroatoms. The predicted octanol–water partition coefficient (Wildman–Crippen LogP) is -0.236. The molecule has 0 bridgehead atoms. The van der Waals surface area contributed by atoms with Gasteiger partial charge in [-0.15, -0.1) is 0 Å². The number of ether oxygens (including phenoxy) is 8. The summed E-state index contributed by atoms with van der Waals surface area (Å²) in [7, 11) is 0. The highest BCUT2D eigenvalue weighted by Gasteiger charge is 2.72. The van der Waals surface area contributed by atoms with Crippen molar-refractivity contribution in [3.8, 4) is 0 Å². The van der Waals surface area contributed by atoms with E-state index in [1.807, 2.05) is 34.6 Å². The van der Waals surface area contributed by atoms with Crippen LogP contribution in [0.2, 0.25) is 0 Å². The van der Waals surface area contributed by atoms with Crippen LogP contribution in [0.25, 0.3) is 0 Å². The third kappa shape index (κ3) is 14.9.